The van der Waals surface area contributed by atoms with Crippen LogP contribution < -0.4 is 15.4 Å². The van der Waals surface area contributed by atoms with Crippen molar-refractivity contribution in [2.45, 2.75) is 26.8 Å². The lowest BCUT2D eigenvalue weighted by molar-refractivity contribution is -0.118. The van der Waals surface area contributed by atoms with Crippen LogP contribution in [0.15, 0.2) is 48.5 Å². The molecule has 0 aliphatic carbocycles. The van der Waals surface area contributed by atoms with Crippen molar-refractivity contribution in [1.82, 2.24) is 10.3 Å². The van der Waals surface area contributed by atoms with Crippen LogP contribution in [-0.4, -0.2) is 29.9 Å². The highest BCUT2D eigenvalue weighted by Gasteiger charge is 2.26. The summed E-state index contributed by atoms with van der Waals surface area (Å²) in [5, 5.41) is 5.84. The maximum atomic E-state index is 13.9. The number of nitrogens with one attached hydrogen (secondary N) is 2. The number of benzene rings is 2. The quantitative estimate of drug-likeness (QED) is 0.559. The molecule has 0 bridgehead atoms. The third-order valence-electron chi connectivity index (χ3n) is 4.74. The number of carbonyl (C=O) groups is 2. The van der Waals surface area contributed by atoms with Crippen molar-refractivity contribution in [2.24, 2.45) is 5.92 Å². The van der Waals surface area contributed by atoms with E-state index in [4.69, 9.17) is 4.74 Å². The van der Waals surface area contributed by atoms with Gasteiger partial charge in [-0.05, 0) is 49.2 Å². The number of carbonyl (C=O) groups excluding carboxylic acids is 2. The van der Waals surface area contributed by atoms with Crippen LogP contribution in [0.3, 0.4) is 0 Å². The van der Waals surface area contributed by atoms with E-state index in [1.807, 2.05) is 45.0 Å². The second-order valence-electron chi connectivity index (χ2n) is 7.32. The first-order valence-corrected chi connectivity index (χ1v) is 10.6. The fourth-order valence-electron chi connectivity index (χ4n) is 3.05. The minimum absolute atomic E-state index is 0.104. The van der Waals surface area contributed by atoms with Gasteiger partial charge >= 0.3 is 0 Å². The van der Waals surface area contributed by atoms with Gasteiger partial charge in [0.05, 0.1) is 18.4 Å². The molecule has 0 saturated heterocycles. The normalized spacial score (nSPS) is 11.8. The molecule has 1 heterocycles. The summed E-state index contributed by atoms with van der Waals surface area (Å²) < 4.78 is 19.1. The van der Waals surface area contributed by atoms with Crippen molar-refractivity contribution in [3.63, 3.8) is 0 Å². The van der Waals surface area contributed by atoms with E-state index in [-0.39, 0.29) is 11.5 Å². The van der Waals surface area contributed by atoms with Gasteiger partial charge in [-0.2, -0.15) is 0 Å². The number of aromatic nitrogens is 1. The number of thiazole rings is 1. The number of aryl methyl sites for hydroxylation is 1. The van der Waals surface area contributed by atoms with Gasteiger partial charge in [-0.15, -0.1) is 11.3 Å². The van der Waals surface area contributed by atoms with Crippen molar-refractivity contribution < 1.29 is 18.7 Å². The van der Waals surface area contributed by atoms with Crippen molar-refractivity contribution in [2.75, 3.05) is 12.4 Å². The van der Waals surface area contributed by atoms with Crippen LogP contribution in [0.4, 0.5) is 9.52 Å². The summed E-state index contributed by atoms with van der Waals surface area (Å²) in [6.07, 6.45) is 0. The summed E-state index contributed by atoms with van der Waals surface area (Å²) in [4.78, 5) is 30.8. The van der Waals surface area contributed by atoms with E-state index in [9.17, 15) is 14.0 Å². The lowest BCUT2D eigenvalue weighted by Gasteiger charge is -2.21. The highest BCUT2D eigenvalue weighted by Crippen LogP contribution is 2.31. The first-order valence-electron chi connectivity index (χ1n) is 9.78. The summed E-state index contributed by atoms with van der Waals surface area (Å²) in [6.45, 7) is 5.54. The second kappa shape index (κ2) is 9.70. The molecule has 1 aromatic heterocycles. The van der Waals surface area contributed by atoms with E-state index < -0.39 is 23.7 Å². The van der Waals surface area contributed by atoms with Crippen molar-refractivity contribution >= 4 is 28.3 Å². The van der Waals surface area contributed by atoms with Crippen LogP contribution in [-0.2, 0) is 4.79 Å². The van der Waals surface area contributed by atoms with Crippen molar-refractivity contribution in [3.05, 3.63) is 64.8 Å². The molecule has 0 unspecified atom stereocenters. The molecule has 3 aromatic rings. The topological polar surface area (TPSA) is 80.3 Å². The zero-order valence-electron chi connectivity index (χ0n) is 17.7. The predicted molar refractivity (Wildman–Crippen MR) is 120 cm³/mol. The number of amides is 2. The molecule has 2 aromatic carbocycles. The Hall–Kier alpha value is -3.26. The number of nitrogens with zero attached hydrogens (tertiary/aromatic N) is 1. The largest absolute Gasteiger partial charge is 0.497 e. The Bertz CT molecular complexity index is 1080. The van der Waals surface area contributed by atoms with Gasteiger partial charge in [0.25, 0.3) is 5.91 Å². The number of anilines is 1. The van der Waals surface area contributed by atoms with E-state index in [1.165, 1.54) is 29.5 Å². The molecule has 162 valence electrons. The van der Waals surface area contributed by atoms with Gasteiger partial charge in [-0.1, -0.05) is 26.0 Å². The van der Waals surface area contributed by atoms with Crippen LogP contribution in [0.5, 0.6) is 5.75 Å². The minimum atomic E-state index is -0.847. The average Bonchev–Trinajstić information content (AvgIpc) is 3.11. The Morgan fingerprint density at radius 3 is 2.39 bits per heavy atom. The predicted octanol–water partition coefficient (Wildman–Crippen LogP) is 4.66. The Morgan fingerprint density at radius 2 is 1.77 bits per heavy atom. The summed E-state index contributed by atoms with van der Waals surface area (Å²) in [6, 6.07) is 12.3. The summed E-state index contributed by atoms with van der Waals surface area (Å²) in [5.74, 6) is -1.15. The van der Waals surface area contributed by atoms with Crippen LogP contribution in [0.25, 0.3) is 11.3 Å². The van der Waals surface area contributed by atoms with Crippen LogP contribution in [0.1, 0.15) is 29.1 Å². The molecule has 2 N–H and O–H groups in total. The van der Waals surface area contributed by atoms with E-state index in [2.05, 4.69) is 15.6 Å². The van der Waals surface area contributed by atoms with Crippen molar-refractivity contribution in [1.29, 1.82) is 0 Å². The zero-order valence-corrected chi connectivity index (χ0v) is 18.5. The molecule has 3 rings (SSSR count). The number of hydrogen-bond acceptors (Lipinski definition) is 5. The van der Waals surface area contributed by atoms with Crippen LogP contribution >= 0.6 is 11.3 Å². The van der Waals surface area contributed by atoms with Crippen LogP contribution in [0.2, 0.25) is 0 Å². The van der Waals surface area contributed by atoms with Crippen LogP contribution in [0, 0.1) is 18.7 Å². The third-order valence-corrected chi connectivity index (χ3v) is 5.63. The van der Waals surface area contributed by atoms with Crippen molar-refractivity contribution in [3.8, 4) is 17.0 Å². The fourth-order valence-corrected chi connectivity index (χ4v) is 3.89. The highest BCUT2D eigenvalue weighted by molar-refractivity contribution is 7.16. The van der Waals surface area contributed by atoms with E-state index in [0.29, 0.717) is 5.13 Å². The smallest absolute Gasteiger partial charge is 0.254 e. The summed E-state index contributed by atoms with van der Waals surface area (Å²) in [5.41, 5.74) is 1.57. The Kier molecular flexibility index (Phi) is 7.02. The molecule has 0 radical (unpaired) electrons. The molecule has 2 amide bonds. The number of halogens is 1. The van der Waals surface area contributed by atoms with Gasteiger partial charge in [0.1, 0.15) is 17.6 Å². The molecule has 0 spiro atoms. The summed E-state index contributed by atoms with van der Waals surface area (Å²) in [7, 11) is 1.60. The first-order chi connectivity index (χ1) is 14.8. The standard InChI is InChI=1S/C23H24FN3O3S/c1-13(2)19(25-21(28)17-7-5-6-8-18(17)24)22(29)27-23-26-20(14(3)31-23)15-9-11-16(30-4)12-10-15/h5-13,19H,1-4H3,(H,25,28)(H,26,27,29)/t19-/m0/s1. The average molecular weight is 442 g/mol. The minimum Gasteiger partial charge on any atom is -0.497 e. The Labute approximate surface area is 184 Å². The van der Waals surface area contributed by atoms with Gasteiger partial charge in [0.2, 0.25) is 5.91 Å². The fraction of sp³-hybridized carbons (Fsp3) is 0.261. The lowest BCUT2D eigenvalue weighted by Crippen LogP contribution is -2.47. The molecule has 0 aliphatic heterocycles. The van der Waals surface area contributed by atoms with E-state index >= 15 is 0 Å². The van der Waals surface area contributed by atoms with Gasteiger partial charge in [-0.3, -0.25) is 9.59 Å². The lowest BCUT2D eigenvalue weighted by atomic mass is 10.0. The van der Waals surface area contributed by atoms with Gasteiger partial charge in [0, 0.05) is 10.4 Å². The monoisotopic (exact) mass is 441 g/mol. The maximum Gasteiger partial charge on any atom is 0.254 e. The SMILES string of the molecule is COc1ccc(-c2nc(NC(=O)[C@@H](NC(=O)c3ccccc3F)C(C)C)sc2C)cc1. The number of rotatable bonds is 7. The number of ether oxygens (including phenoxy) is 1. The third kappa shape index (κ3) is 5.27. The molecule has 31 heavy (non-hydrogen) atoms. The van der Waals surface area contributed by atoms with Gasteiger partial charge in [-0.25, -0.2) is 9.37 Å². The van der Waals surface area contributed by atoms with Gasteiger partial charge < -0.3 is 15.4 Å². The highest BCUT2D eigenvalue weighted by atomic mass is 32.1. The second-order valence-corrected chi connectivity index (χ2v) is 8.52. The molecular formula is C23H24FN3O3S. The first kappa shape index (κ1) is 22.4. The molecule has 8 heteroatoms. The van der Waals surface area contributed by atoms with E-state index in [1.54, 1.807) is 13.2 Å². The molecule has 0 aliphatic rings. The summed E-state index contributed by atoms with van der Waals surface area (Å²) >= 11 is 1.35. The molecular weight excluding hydrogens is 417 g/mol. The zero-order chi connectivity index (χ0) is 22.5. The van der Waals surface area contributed by atoms with E-state index in [0.717, 1.165) is 21.9 Å². The Morgan fingerprint density at radius 1 is 1.10 bits per heavy atom. The Balaban J connectivity index is 1.75. The molecule has 1 atom stereocenters. The molecule has 0 fully saturated rings. The number of methoxy groups -OCH3 is 1. The molecule has 6 nitrogen and oxygen atoms in total. The van der Waals surface area contributed by atoms with Gasteiger partial charge in [0.15, 0.2) is 5.13 Å². The number of hydrogen-bond donors (Lipinski definition) is 2. The molecule has 0 saturated carbocycles. The maximum absolute atomic E-state index is 13.9.